The molecule has 0 spiro atoms. The molecule has 1 atom stereocenters. The normalized spacial score (nSPS) is 12.2. The van der Waals surface area contributed by atoms with Crippen molar-refractivity contribution in [2.24, 2.45) is 5.73 Å². The maximum absolute atomic E-state index is 5.86. The summed E-state index contributed by atoms with van der Waals surface area (Å²) in [5, 5.41) is 0.634. The van der Waals surface area contributed by atoms with Crippen LogP contribution in [-0.2, 0) is 0 Å². The van der Waals surface area contributed by atoms with Gasteiger partial charge in [-0.1, -0.05) is 23.7 Å². The van der Waals surface area contributed by atoms with E-state index in [1.54, 1.807) is 24.4 Å². The smallest absolute Gasteiger partial charge is 0.219 e. The maximum atomic E-state index is 5.86. The van der Waals surface area contributed by atoms with Crippen LogP contribution in [0.5, 0.6) is 11.6 Å². The van der Waals surface area contributed by atoms with E-state index in [0.29, 0.717) is 16.7 Å². The van der Waals surface area contributed by atoms with Crippen LogP contribution in [0.15, 0.2) is 42.6 Å². The van der Waals surface area contributed by atoms with Crippen LogP contribution in [0.1, 0.15) is 18.5 Å². The number of benzene rings is 1. The van der Waals surface area contributed by atoms with Crippen LogP contribution in [0, 0.1) is 0 Å². The topological polar surface area (TPSA) is 48.1 Å². The van der Waals surface area contributed by atoms with E-state index < -0.39 is 0 Å². The van der Waals surface area contributed by atoms with Crippen molar-refractivity contribution in [3.63, 3.8) is 0 Å². The molecule has 0 aliphatic rings. The Balaban J connectivity index is 2.14. The summed E-state index contributed by atoms with van der Waals surface area (Å²) in [6.07, 6.45) is 1.71. The molecule has 0 radical (unpaired) electrons. The standard InChI is InChI=1S/C13H13ClN2O/c1-9(15)10-5-6-13(16-8-10)17-12-4-2-3-11(14)7-12/h2-9H,15H2,1H3/t9-/m1/s1. The second-order valence-electron chi connectivity index (χ2n) is 3.78. The van der Waals surface area contributed by atoms with Crippen molar-refractivity contribution in [3.8, 4) is 11.6 Å². The molecule has 0 aliphatic carbocycles. The zero-order valence-electron chi connectivity index (χ0n) is 9.43. The molecule has 88 valence electrons. The average molecular weight is 249 g/mol. The number of nitrogens with zero attached hydrogens (tertiary/aromatic N) is 1. The summed E-state index contributed by atoms with van der Waals surface area (Å²) in [4.78, 5) is 4.18. The molecular formula is C13H13ClN2O. The van der Waals surface area contributed by atoms with Crippen molar-refractivity contribution in [2.75, 3.05) is 0 Å². The molecule has 1 aromatic carbocycles. The predicted octanol–water partition coefficient (Wildman–Crippen LogP) is 3.55. The van der Waals surface area contributed by atoms with Crippen molar-refractivity contribution in [1.82, 2.24) is 4.98 Å². The first kappa shape index (κ1) is 11.9. The average Bonchev–Trinajstić information content (AvgIpc) is 2.29. The van der Waals surface area contributed by atoms with Crippen LogP contribution in [0.3, 0.4) is 0 Å². The highest BCUT2D eigenvalue weighted by Crippen LogP contribution is 2.23. The predicted molar refractivity (Wildman–Crippen MR) is 68.4 cm³/mol. The Labute approximate surface area is 105 Å². The van der Waals surface area contributed by atoms with Gasteiger partial charge in [-0.3, -0.25) is 0 Å². The maximum Gasteiger partial charge on any atom is 0.219 e. The fourth-order valence-electron chi connectivity index (χ4n) is 1.37. The molecule has 0 unspecified atom stereocenters. The van der Waals surface area contributed by atoms with Crippen LogP contribution in [0.25, 0.3) is 0 Å². The van der Waals surface area contributed by atoms with Crippen LogP contribution in [0.2, 0.25) is 5.02 Å². The van der Waals surface area contributed by atoms with E-state index in [1.165, 1.54) is 0 Å². The van der Waals surface area contributed by atoms with Crippen molar-refractivity contribution in [2.45, 2.75) is 13.0 Å². The Morgan fingerprint density at radius 3 is 2.71 bits per heavy atom. The van der Waals surface area contributed by atoms with Gasteiger partial charge in [-0.2, -0.15) is 0 Å². The molecule has 0 amide bonds. The van der Waals surface area contributed by atoms with E-state index in [2.05, 4.69) is 4.98 Å². The summed E-state index contributed by atoms with van der Waals surface area (Å²) in [6, 6.07) is 10.9. The van der Waals surface area contributed by atoms with E-state index in [-0.39, 0.29) is 6.04 Å². The highest BCUT2D eigenvalue weighted by molar-refractivity contribution is 6.30. The molecule has 1 heterocycles. The Bertz CT molecular complexity index is 497. The van der Waals surface area contributed by atoms with E-state index in [9.17, 15) is 0 Å². The third-order valence-corrected chi connectivity index (χ3v) is 2.54. The van der Waals surface area contributed by atoms with Crippen LogP contribution < -0.4 is 10.5 Å². The summed E-state index contributed by atoms with van der Waals surface area (Å²) in [5.41, 5.74) is 6.71. The van der Waals surface area contributed by atoms with Gasteiger partial charge in [0, 0.05) is 23.3 Å². The third-order valence-electron chi connectivity index (χ3n) is 2.30. The number of rotatable bonds is 3. The number of hydrogen-bond acceptors (Lipinski definition) is 3. The summed E-state index contributed by atoms with van der Waals surface area (Å²) in [6.45, 7) is 1.91. The second kappa shape index (κ2) is 5.17. The van der Waals surface area contributed by atoms with Crippen molar-refractivity contribution < 1.29 is 4.74 Å². The van der Waals surface area contributed by atoms with E-state index in [4.69, 9.17) is 22.1 Å². The minimum Gasteiger partial charge on any atom is -0.439 e. The first-order chi connectivity index (χ1) is 8.15. The molecule has 2 rings (SSSR count). The molecule has 2 N–H and O–H groups in total. The molecule has 1 aromatic heterocycles. The number of ether oxygens (including phenoxy) is 1. The number of nitrogens with two attached hydrogens (primary N) is 1. The molecule has 0 saturated heterocycles. The first-order valence-electron chi connectivity index (χ1n) is 5.30. The van der Waals surface area contributed by atoms with Crippen LogP contribution in [-0.4, -0.2) is 4.98 Å². The molecule has 2 aromatic rings. The first-order valence-corrected chi connectivity index (χ1v) is 5.68. The third kappa shape index (κ3) is 3.19. The monoisotopic (exact) mass is 248 g/mol. The molecule has 0 fully saturated rings. The summed E-state index contributed by atoms with van der Waals surface area (Å²) < 4.78 is 5.56. The molecule has 17 heavy (non-hydrogen) atoms. The van der Waals surface area contributed by atoms with Crippen LogP contribution in [0.4, 0.5) is 0 Å². The lowest BCUT2D eigenvalue weighted by atomic mass is 10.2. The van der Waals surface area contributed by atoms with Crippen molar-refractivity contribution >= 4 is 11.6 Å². The molecule has 4 heteroatoms. The SMILES string of the molecule is C[C@@H](N)c1ccc(Oc2cccc(Cl)c2)nc1. The second-order valence-corrected chi connectivity index (χ2v) is 4.21. The highest BCUT2D eigenvalue weighted by Gasteiger charge is 2.02. The number of pyridine rings is 1. The summed E-state index contributed by atoms with van der Waals surface area (Å²) in [5.74, 6) is 1.19. The van der Waals surface area contributed by atoms with Gasteiger partial charge < -0.3 is 10.5 Å². The van der Waals surface area contributed by atoms with Gasteiger partial charge in [-0.15, -0.1) is 0 Å². The summed E-state index contributed by atoms with van der Waals surface area (Å²) >= 11 is 5.86. The number of halogens is 1. The Hall–Kier alpha value is -1.58. The van der Waals surface area contributed by atoms with Gasteiger partial charge in [0.2, 0.25) is 5.88 Å². The fraction of sp³-hybridized carbons (Fsp3) is 0.154. The van der Waals surface area contributed by atoms with E-state index >= 15 is 0 Å². The molecule has 0 saturated carbocycles. The van der Waals surface area contributed by atoms with E-state index in [0.717, 1.165) is 5.56 Å². The summed E-state index contributed by atoms with van der Waals surface area (Å²) in [7, 11) is 0. The Kier molecular flexibility index (Phi) is 3.61. The lowest BCUT2D eigenvalue weighted by Gasteiger charge is -2.07. The van der Waals surface area contributed by atoms with Gasteiger partial charge in [0.25, 0.3) is 0 Å². The van der Waals surface area contributed by atoms with Gasteiger partial charge in [-0.05, 0) is 30.7 Å². The van der Waals surface area contributed by atoms with Crippen molar-refractivity contribution in [3.05, 3.63) is 53.2 Å². The fourth-order valence-corrected chi connectivity index (χ4v) is 1.55. The Morgan fingerprint density at radius 2 is 2.12 bits per heavy atom. The van der Waals surface area contributed by atoms with Crippen LogP contribution >= 0.6 is 11.6 Å². The molecular weight excluding hydrogens is 236 g/mol. The lowest BCUT2D eigenvalue weighted by molar-refractivity contribution is 0.462. The minimum atomic E-state index is -0.0253. The molecule has 0 aliphatic heterocycles. The molecule has 3 nitrogen and oxygen atoms in total. The van der Waals surface area contributed by atoms with Gasteiger partial charge in [0.1, 0.15) is 5.75 Å². The number of hydrogen-bond donors (Lipinski definition) is 1. The zero-order chi connectivity index (χ0) is 12.3. The minimum absolute atomic E-state index is 0.0253. The molecule has 0 bridgehead atoms. The van der Waals surface area contributed by atoms with Crippen molar-refractivity contribution in [1.29, 1.82) is 0 Å². The van der Waals surface area contributed by atoms with Gasteiger partial charge in [0.05, 0.1) is 0 Å². The van der Waals surface area contributed by atoms with Gasteiger partial charge in [0.15, 0.2) is 0 Å². The zero-order valence-corrected chi connectivity index (χ0v) is 10.2. The van der Waals surface area contributed by atoms with Gasteiger partial charge in [-0.25, -0.2) is 4.98 Å². The lowest BCUT2D eigenvalue weighted by Crippen LogP contribution is -2.05. The largest absolute Gasteiger partial charge is 0.439 e. The van der Waals surface area contributed by atoms with E-state index in [1.807, 2.05) is 25.1 Å². The highest BCUT2D eigenvalue weighted by atomic mass is 35.5. The quantitative estimate of drug-likeness (QED) is 0.904. The van der Waals surface area contributed by atoms with Gasteiger partial charge >= 0.3 is 0 Å². The number of aromatic nitrogens is 1. The Morgan fingerprint density at radius 1 is 1.29 bits per heavy atom.